The lowest BCUT2D eigenvalue weighted by atomic mass is 9.74. The minimum Gasteiger partial charge on any atom is -0.310 e. The predicted molar refractivity (Wildman–Crippen MR) is 258 cm³/mol. The first kappa shape index (κ1) is 36.3. The maximum Gasteiger partial charge on any atom is 0.0540 e. The molecule has 61 heavy (non-hydrogen) atoms. The fourth-order valence-corrected chi connectivity index (χ4v) is 9.64. The molecule has 0 saturated carbocycles. The van der Waals surface area contributed by atoms with Crippen LogP contribution in [0.2, 0.25) is 0 Å². The van der Waals surface area contributed by atoms with Gasteiger partial charge in [0.15, 0.2) is 0 Å². The molecule has 1 aliphatic rings. The molecule has 288 valence electrons. The van der Waals surface area contributed by atoms with Gasteiger partial charge in [-0.15, -0.1) is 0 Å². The largest absolute Gasteiger partial charge is 0.310 e. The van der Waals surface area contributed by atoms with E-state index >= 15 is 0 Å². The Morgan fingerprint density at radius 2 is 0.787 bits per heavy atom. The summed E-state index contributed by atoms with van der Waals surface area (Å²) in [7, 11) is 0. The van der Waals surface area contributed by atoms with Crippen molar-refractivity contribution >= 4 is 27.8 Å². The van der Waals surface area contributed by atoms with Crippen molar-refractivity contribution in [3.63, 3.8) is 0 Å². The summed E-state index contributed by atoms with van der Waals surface area (Å²) in [5.74, 6) is 0. The number of anilines is 3. The Hall–Kier alpha value is -7.74. The highest BCUT2D eigenvalue weighted by Gasteiger charge is 2.41. The molecule has 0 spiro atoms. The van der Waals surface area contributed by atoms with E-state index in [1.165, 1.54) is 83.1 Å². The average molecular weight is 778 g/mol. The molecule has 1 heteroatoms. The zero-order valence-corrected chi connectivity index (χ0v) is 34.0. The summed E-state index contributed by atoms with van der Waals surface area (Å²) in [6.07, 6.45) is 0. The summed E-state index contributed by atoms with van der Waals surface area (Å²) in [6, 6.07) is 88.6. The molecule has 0 bridgehead atoms. The number of nitrogens with zero attached hydrogens (tertiary/aromatic N) is 1. The topological polar surface area (TPSA) is 3.24 Å². The molecule has 11 rings (SSSR count). The first-order valence-electron chi connectivity index (χ1n) is 21.2. The molecule has 1 unspecified atom stereocenters. The van der Waals surface area contributed by atoms with Crippen LogP contribution in [0.25, 0.3) is 66.4 Å². The molecule has 0 amide bonds. The number of benzene rings is 10. The molecule has 0 N–H and O–H groups in total. The van der Waals surface area contributed by atoms with Crippen molar-refractivity contribution in [3.05, 3.63) is 259 Å². The third kappa shape index (κ3) is 6.34. The van der Waals surface area contributed by atoms with Crippen molar-refractivity contribution in [2.75, 3.05) is 4.90 Å². The van der Waals surface area contributed by atoms with Crippen molar-refractivity contribution in [1.82, 2.24) is 0 Å². The number of hydrogen-bond donors (Lipinski definition) is 0. The summed E-state index contributed by atoms with van der Waals surface area (Å²) in [5, 5.41) is 2.50. The molecule has 0 heterocycles. The third-order valence-electron chi connectivity index (χ3n) is 12.8. The number of para-hydroxylation sites is 1. The summed E-state index contributed by atoms with van der Waals surface area (Å²) in [5.41, 5.74) is 19.3. The van der Waals surface area contributed by atoms with Gasteiger partial charge in [-0.25, -0.2) is 0 Å². The normalized spacial score (nSPS) is 14.0. The van der Waals surface area contributed by atoms with Gasteiger partial charge in [0.1, 0.15) is 0 Å². The molecule has 0 saturated heterocycles. The van der Waals surface area contributed by atoms with Gasteiger partial charge in [-0.2, -0.15) is 0 Å². The van der Waals surface area contributed by atoms with E-state index in [-0.39, 0.29) is 5.41 Å². The van der Waals surface area contributed by atoms with Gasteiger partial charge in [-0.05, 0) is 121 Å². The van der Waals surface area contributed by atoms with Gasteiger partial charge in [0.2, 0.25) is 0 Å². The van der Waals surface area contributed by atoms with Gasteiger partial charge in [-0.3, -0.25) is 0 Å². The standard InChI is InChI=1S/C60H43N/c1-60(50-19-6-3-7-20-50)56-24-12-10-22-55(56)59-54(23-14-25-57(59)60)47-35-39-52(40-36-47)61(51-37-33-45(34-38-51)49-32-29-43-17-8-9-18-48(43)41-49)58-26-13-11-21-53(58)46-30-27-44(28-31-46)42-15-4-2-5-16-42/h2-41H,1H3. The molecular formula is C60H43N. The van der Waals surface area contributed by atoms with Crippen LogP contribution in [-0.2, 0) is 5.41 Å². The van der Waals surface area contributed by atoms with E-state index in [0.29, 0.717) is 0 Å². The van der Waals surface area contributed by atoms with Gasteiger partial charge in [0.05, 0.1) is 5.69 Å². The van der Waals surface area contributed by atoms with Crippen LogP contribution in [0.5, 0.6) is 0 Å². The first-order valence-corrected chi connectivity index (χ1v) is 21.2. The minimum atomic E-state index is -0.248. The molecule has 10 aromatic rings. The monoisotopic (exact) mass is 777 g/mol. The second-order valence-electron chi connectivity index (χ2n) is 16.2. The quantitative estimate of drug-likeness (QED) is 0.149. The Balaban J connectivity index is 1.02. The van der Waals surface area contributed by atoms with Gasteiger partial charge in [-0.1, -0.05) is 206 Å². The van der Waals surface area contributed by atoms with Crippen LogP contribution < -0.4 is 4.90 Å². The number of hydrogen-bond acceptors (Lipinski definition) is 1. The predicted octanol–water partition coefficient (Wildman–Crippen LogP) is 16.3. The summed E-state index contributed by atoms with van der Waals surface area (Å²) >= 11 is 0. The van der Waals surface area contributed by atoms with E-state index < -0.39 is 0 Å². The second-order valence-corrected chi connectivity index (χ2v) is 16.2. The van der Waals surface area contributed by atoms with E-state index in [1.807, 2.05) is 0 Å². The molecule has 1 aliphatic carbocycles. The SMILES string of the molecule is CC1(c2ccccc2)c2ccccc2-c2c(-c3ccc(N(c4ccc(-c5ccc6ccccc6c5)cc4)c4ccccc4-c4ccc(-c5ccccc5)cc4)cc3)cccc21. The van der Waals surface area contributed by atoms with E-state index in [4.69, 9.17) is 0 Å². The highest BCUT2D eigenvalue weighted by molar-refractivity contribution is 5.95. The molecule has 1 nitrogen and oxygen atoms in total. The maximum absolute atomic E-state index is 2.41. The lowest BCUT2D eigenvalue weighted by Crippen LogP contribution is -2.22. The Kier molecular flexibility index (Phi) is 9.02. The van der Waals surface area contributed by atoms with Gasteiger partial charge in [0, 0.05) is 22.4 Å². The highest BCUT2D eigenvalue weighted by atomic mass is 15.1. The van der Waals surface area contributed by atoms with E-state index in [2.05, 4.69) is 254 Å². The maximum atomic E-state index is 2.41. The lowest BCUT2D eigenvalue weighted by molar-refractivity contribution is 0.714. The van der Waals surface area contributed by atoms with Crippen LogP contribution in [0.4, 0.5) is 17.1 Å². The van der Waals surface area contributed by atoms with Gasteiger partial charge >= 0.3 is 0 Å². The minimum absolute atomic E-state index is 0.248. The smallest absolute Gasteiger partial charge is 0.0540 e. The van der Waals surface area contributed by atoms with Crippen molar-refractivity contribution < 1.29 is 0 Å². The van der Waals surface area contributed by atoms with Crippen LogP contribution in [0.1, 0.15) is 23.6 Å². The molecule has 0 radical (unpaired) electrons. The lowest BCUT2D eigenvalue weighted by Gasteiger charge is -2.29. The molecule has 0 aromatic heterocycles. The number of rotatable bonds is 8. The Morgan fingerprint density at radius 1 is 0.311 bits per heavy atom. The van der Waals surface area contributed by atoms with E-state index in [9.17, 15) is 0 Å². The van der Waals surface area contributed by atoms with Crippen molar-refractivity contribution in [2.24, 2.45) is 0 Å². The number of fused-ring (bicyclic) bond motifs is 4. The average Bonchev–Trinajstić information content (AvgIpc) is 3.61. The van der Waals surface area contributed by atoms with Crippen LogP contribution in [0.3, 0.4) is 0 Å². The van der Waals surface area contributed by atoms with E-state index in [1.54, 1.807) is 0 Å². The summed E-state index contributed by atoms with van der Waals surface area (Å²) in [4.78, 5) is 2.41. The fourth-order valence-electron chi connectivity index (χ4n) is 9.64. The molecule has 0 aliphatic heterocycles. The van der Waals surface area contributed by atoms with Crippen molar-refractivity contribution in [1.29, 1.82) is 0 Å². The molecular weight excluding hydrogens is 735 g/mol. The summed E-state index contributed by atoms with van der Waals surface area (Å²) in [6.45, 7) is 2.38. The zero-order valence-electron chi connectivity index (χ0n) is 34.0. The van der Waals surface area contributed by atoms with E-state index in [0.717, 1.165) is 17.1 Å². The molecule has 0 fully saturated rings. The Bertz CT molecular complexity index is 3170. The van der Waals surface area contributed by atoms with Crippen LogP contribution >= 0.6 is 0 Å². The first-order chi connectivity index (χ1) is 30.1. The van der Waals surface area contributed by atoms with Crippen LogP contribution in [0, 0.1) is 0 Å². The Morgan fingerprint density at radius 3 is 1.52 bits per heavy atom. The van der Waals surface area contributed by atoms with Gasteiger partial charge in [0.25, 0.3) is 0 Å². The van der Waals surface area contributed by atoms with Gasteiger partial charge < -0.3 is 4.90 Å². The van der Waals surface area contributed by atoms with Crippen molar-refractivity contribution in [3.8, 4) is 55.6 Å². The molecule has 10 aromatic carbocycles. The molecule has 1 atom stereocenters. The van der Waals surface area contributed by atoms with Crippen LogP contribution in [-0.4, -0.2) is 0 Å². The summed E-state index contributed by atoms with van der Waals surface area (Å²) < 4.78 is 0. The fraction of sp³-hybridized carbons (Fsp3) is 0.0333. The second kappa shape index (κ2) is 15.1. The Labute approximate surface area is 358 Å². The zero-order chi connectivity index (χ0) is 40.8. The third-order valence-corrected chi connectivity index (χ3v) is 12.8. The van der Waals surface area contributed by atoms with Crippen molar-refractivity contribution in [2.45, 2.75) is 12.3 Å². The highest BCUT2D eigenvalue weighted by Crippen LogP contribution is 2.55. The van der Waals surface area contributed by atoms with Crippen LogP contribution in [0.15, 0.2) is 243 Å².